The van der Waals surface area contributed by atoms with Crippen LogP contribution in [0.2, 0.25) is 0 Å². The summed E-state index contributed by atoms with van der Waals surface area (Å²) in [6.07, 6.45) is 0. The van der Waals surface area contributed by atoms with Gasteiger partial charge in [-0.25, -0.2) is 8.42 Å². The quantitative estimate of drug-likeness (QED) is 0.872. The SMILES string of the molecule is O=S(=O)(Nc1ccsc1)c1ccc(CBr)cc1. The van der Waals surface area contributed by atoms with Crippen LogP contribution in [-0.2, 0) is 15.4 Å². The van der Waals surface area contributed by atoms with Crippen molar-refractivity contribution >= 4 is 43.0 Å². The second-order valence-electron chi connectivity index (χ2n) is 3.40. The monoisotopic (exact) mass is 331 g/mol. The van der Waals surface area contributed by atoms with Crippen LogP contribution >= 0.6 is 27.3 Å². The van der Waals surface area contributed by atoms with Gasteiger partial charge in [-0.2, -0.15) is 11.3 Å². The Labute approximate surface area is 113 Å². The van der Waals surface area contributed by atoms with Crippen LogP contribution in [0.3, 0.4) is 0 Å². The van der Waals surface area contributed by atoms with E-state index in [1.807, 2.05) is 5.38 Å². The molecule has 0 amide bonds. The number of halogens is 1. The molecular formula is C11H10BrNO2S2. The van der Waals surface area contributed by atoms with Gasteiger partial charge in [0.05, 0.1) is 10.6 Å². The Bertz CT molecular complexity index is 576. The number of benzene rings is 1. The summed E-state index contributed by atoms with van der Waals surface area (Å²) in [7, 11) is -3.47. The Morgan fingerprint density at radius 3 is 2.41 bits per heavy atom. The number of thiophene rings is 1. The van der Waals surface area contributed by atoms with Crippen LogP contribution in [0.15, 0.2) is 46.0 Å². The van der Waals surface area contributed by atoms with Gasteiger partial charge in [-0.3, -0.25) is 4.72 Å². The normalized spacial score (nSPS) is 11.4. The summed E-state index contributed by atoms with van der Waals surface area (Å²) in [6.45, 7) is 0. The molecule has 0 fully saturated rings. The Hall–Kier alpha value is -0.850. The topological polar surface area (TPSA) is 46.2 Å². The molecule has 0 unspecified atom stereocenters. The smallest absolute Gasteiger partial charge is 0.261 e. The van der Waals surface area contributed by atoms with E-state index in [-0.39, 0.29) is 4.90 Å². The van der Waals surface area contributed by atoms with Crippen LogP contribution in [0, 0.1) is 0 Å². The van der Waals surface area contributed by atoms with E-state index in [1.54, 1.807) is 35.7 Å². The van der Waals surface area contributed by atoms with Crippen molar-refractivity contribution in [3.05, 3.63) is 46.7 Å². The molecule has 90 valence electrons. The molecule has 0 bridgehead atoms. The first-order valence-corrected chi connectivity index (χ1v) is 8.36. The molecule has 6 heteroatoms. The highest BCUT2D eigenvalue weighted by atomic mass is 79.9. The number of alkyl halides is 1. The van der Waals surface area contributed by atoms with Crippen molar-refractivity contribution in [2.75, 3.05) is 4.72 Å². The molecule has 2 aromatic rings. The first-order chi connectivity index (χ1) is 8.12. The lowest BCUT2D eigenvalue weighted by Crippen LogP contribution is -2.12. The van der Waals surface area contributed by atoms with Gasteiger partial charge in [-0.15, -0.1) is 0 Å². The lowest BCUT2D eigenvalue weighted by molar-refractivity contribution is 0.601. The first-order valence-electron chi connectivity index (χ1n) is 4.82. The minimum Gasteiger partial charge on any atom is -0.279 e. The van der Waals surface area contributed by atoms with E-state index >= 15 is 0 Å². The van der Waals surface area contributed by atoms with Gasteiger partial charge in [0.2, 0.25) is 0 Å². The zero-order valence-electron chi connectivity index (χ0n) is 8.76. The van der Waals surface area contributed by atoms with Crippen molar-refractivity contribution < 1.29 is 8.42 Å². The van der Waals surface area contributed by atoms with Gasteiger partial charge in [0.15, 0.2) is 0 Å². The van der Waals surface area contributed by atoms with Crippen molar-refractivity contribution in [2.24, 2.45) is 0 Å². The number of nitrogens with one attached hydrogen (secondary N) is 1. The molecule has 0 aliphatic heterocycles. The molecule has 0 radical (unpaired) electrons. The van der Waals surface area contributed by atoms with Crippen molar-refractivity contribution in [3.63, 3.8) is 0 Å². The van der Waals surface area contributed by atoms with Crippen LogP contribution in [0.4, 0.5) is 5.69 Å². The summed E-state index contributed by atoms with van der Waals surface area (Å²) in [4.78, 5) is 0.272. The third-order valence-electron chi connectivity index (χ3n) is 2.16. The second kappa shape index (κ2) is 5.20. The van der Waals surface area contributed by atoms with E-state index in [0.717, 1.165) is 5.56 Å². The molecule has 0 aliphatic carbocycles. The van der Waals surface area contributed by atoms with Gasteiger partial charge in [0.1, 0.15) is 0 Å². The number of hydrogen-bond acceptors (Lipinski definition) is 3. The highest BCUT2D eigenvalue weighted by molar-refractivity contribution is 9.08. The summed E-state index contributed by atoms with van der Waals surface area (Å²) in [5.41, 5.74) is 1.64. The van der Waals surface area contributed by atoms with Crippen LogP contribution < -0.4 is 4.72 Å². The molecule has 0 saturated carbocycles. The maximum absolute atomic E-state index is 12.0. The average molecular weight is 332 g/mol. The Balaban J connectivity index is 2.25. The van der Waals surface area contributed by atoms with Gasteiger partial charge in [-0.05, 0) is 29.1 Å². The molecule has 0 aliphatic rings. The summed E-state index contributed by atoms with van der Waals surface area (Å²) >= 11 is 4.77. The van der Waals surface area contributed by atoms with E-state index in [1.165, 1.54) is 11.3 Å². The van der Waals surface area contributed by atoms with Crippen LogP contribution in [0.25, 0.3) is 0 Å². The molecule has 17 heavy (non-hydrogen) atoms. The van der Waals surface area contributed by atoms with Crippen LogP contribution in [0.1, 0.15) is 5.56 Å². The molecule has 1 heterocycles. The largest absolute Gasteiger partial charge is 0.279 e. The molecule has 3 nitrogen and oxygen atoms in total. The Morgan fingerprint density at radius 2 is 1.88 bits per heavy atom. The van der Waals surface area contributed by atoms with E-state index in [2.05, 4.69) is 20.7 Å². The molecule has 1 aromatic carbocycles. The van der Waals surface area contributed by atoms with E-state index in [9.17, 15) is 8.42 Å². The van der Waals surface area contributed by atoms with E-state index in [0.29, 0.717) is 11.0 Å². The molecule has 0 saturated heterocycles. The number of sulfonamides is 1. The zero-order chi connectivity index (χ0) is 12.3. The predicted molar refractivity (Wildman–Crippen MR) is 74.2 cm³/mol. The number of rotatable bonds is 4. The fourth-order valence-electron chi connectivity index (χ4n) is 1.29. The number of anilines is 1. The van der Waals surface area contributed by atoms with E-state index in [4.69, 9.17) is 0 Å². The summed E-state index contributed by atoms with van der Waals surface area (Å²) in [5, 5.41) is 4.29. The van der Waals surface area contributed by atoms with Crippen molar-refractivity contribution in [1.29, 1.82) is 0 Å². The Morgan fingerprint density at radius 1 is 1.18 bits per heavy atom. The number of hydrogen-bond donors (Lipinski definition) is 1. The third-order valence-corrected chi connectivity index (χ3v) is 4.89. The second-order valence-corrected chi connectivity index (χ2v) is 6.42. The lowest BCUT2D eigenvalue weighted by atomic mass is 10.2. The first kappa shape index (κ1) is 12.6. The molecule has 2 rings (SSSR count). The highest BCUT2D eigenvalue weighted by Crippen LogP contribution is 2.19. The molecule has 0 atom stereocenters. The summed E-state index contributed by atoms with van der Waals surface area (Å²) in [5.74, 6) is 0. The minimum absolute atomic E-state index is 0.272. The standard InChI is InChI=1S/C11H10BrNO2S2/c12-7-9-1-3-11(4-2-9)17(14,15)13-10-5-6-16-8-10/h1-6,8,13H,7H2. The van der Waals surface area contributed by atoms with Gasteiger partial charge >= 0.3 is 0 Å². The molecule has 1 aromatic heterocycles. The summed E-state index contributed by atoms with van der Waals surface area (Å²) in [6, 6.07) is 8.51. The fraction of sp³-hybridized carbons (Fsp3) is 0.0909. The van der Waals surface area contributed by atoms with E-state index < -0.39 is 10.0 Å². The Kier molecular flexibility index (Phi) is 3.86. The molecule has 0 spiro atoms. The molecular weight excluding hydrogens is 322 g/mol. The van der Waals surface area contributed by atoms with Crippen molar-refractivity contribution in [1.82, 2.24) is 0 Å². The van der Waals surface area contributed by atoms with Crippen molar-refractivity contribution in [3.8, 4) is 0 Å². The highest BCUT2D eigenvalue weighted by Gasteiger charge is 2.13. The van der Waals surface area contributed by atoms with Gasteiger partial charge < -0.3 is 0 Å². The minimum atomic E-state index is -3.47. The molecule has 1 N–H and O–H groups in total. The van der Waals surface area contributed by atoms with Crippen LogP contribution in [0.5, 0.6) is 0 Å². The fourth-order valence-corrected chi connectivity index (χ4v) is 3.38. The lowest BCUT2D eigenvalue weighted by Gasteiger charge is -2.06. The maximum Gasteiger partial charge on any atom is 0.261 e. The predicted octanol–water partition coefficient (Wildman–Crippen LogP) is 3.44. The van der Waals surface area contributed by atoms with Crippen LogP contribution in [-0.4, -0.2) is 8.42 Å². The van der Waals surface area contributed by atoms with Gasteiger partial charge in [0.25, 0.3) is 10.0 Å². The van der Waals surface area contributed by atoms with Gasteiger partial charge in [-0.1, -0.05) is 28.1 Å². The zero-order valence-corrected chi connectivity index (χ0v) is 12.0. The van der Waals surface area contributed by atoms with Gasteiger partial charge in [0, 0.05) is 10.7 Å². The third kappa shape index (κ3) is 3.08. The summed E-state index contributed by atoms with van der Waals surface area (Å²) < 4.78 is 26.5. The average Bonchev–Trinajstić information content (AvgIpc) is 2.81. The maximum atomic E-state index is 12.0. The van der Waals surface area contributed by atoms with Crippen molar-refractivity contribution in [2.45, 2.75) is 10.2 Å².